The number of piperazine rings is 1. The molecule has 2 aliphatic rings. The molecule has 2 fully saturated rings. The van der Waals surface area contributed by atoms with Crippen molar-refractivity contribution in [2.24, 2.45) is 5.92 Å². The highest BCUT2D eigenvalue weighted by Crippen LogP contribution is 2.37. The normalized spacial score (nSPS) is 19.4. The molecule has 0 spiro atoms. The SMILES string of the molecule is C[C@](O)(CN1CCN(c2ccc(C#N)cc2Cl)[C@H](c2ccc(Cl)cc2)C1)c1ccnc(NC(=O)C2CC2)c1. The number of halogens is 2. The fourth-order valence-corrected chi connectivity index (χ4v) is 5.40. The summed E-state index contributed by atoms with van der Waals surface area (Å²) in [4.78, 5) is 20.9. The third-order valence-electron chi connectivity index (χ3n) is 7.22. The Hall–Kier alpha value is -3.15. The molecule has 5 rings (SSSR count). The van der Waals surface area contributed by atoms with Gasteiger partial charge >= 0.3 is 0 Å². The molecular weight excluding hydrogens is 521 g/mol. The van der Waals surface area contributed by atoms with E-state index in [1.165, 1.54) is 0 Å². The molecule has 1 aromatic heterocycles. The van der Waals surface area contributed by atoms with Crippen LogP contribution in [0.1, 0.15) is 42.5 Å². The molecule has 0 unspecified atom stereocenters. The van der Waals surface area contributed by atoms with Crippen LogP contribution in [0.3, 0.4) is 0 Å². The number of carbonyl (C=O) groups is 1. The fourth-order valence-electron chi connectivity index (χ4n) is 4.99. The van der Waals surface area contributed by atoms with E-state index >= 15 is 0 Å². The minimum absolute atomic E-state index is 0.0160. The van der Waals surface area contributed by atoms with Crippen molar-refractivity contribution in [1.29, 1.82) is 5.26 Å². The van der Waals surface area contributed by atoms with Gasteiger partial charge in [0.15, 0.2) is 0 Å². The van der Waals surface area contributed by atoms with Crippen LogP contribution in [-0.4, -0.2) is 47.1 Å². The molecule has 1 aliphatic carbocycles. The summed E-state index contributed by atoms with van der Waals surface area (Å²) in [7, 11) is 0. The highest BCUT2D eigenvalue weighted by molar-refractivity contribution is 6.33. The van der Waals surface area contributed by atoms with Crippen molar-refractivity contribution in [2.45, 2.75) is 31.4 Å². The zero-order chi connectivity index (χ0) is 26.9. The van der Waals surface area contributed by atoms with Crippen LogP contribution in [0.5, 0.6) is 0 Å². The lowest BCUT2D eigenvalue weighted by Crippen LogP contribution is -2.52. The molecule has 1 amide bonds. The standard InChI is InChI=1S/C29H29Cl2N5O2/c1-29(38,22-10-11-33-27(15-22)34-28(37)21-3-4-21)18-35-12-13-36(25-9-2-19(16-32)14-24(25)31)26(17-35)20-5-7-23(30)8-6-20/h2,5-11,14-15,21,26,38H,3-4,12-13,17-18H2,1H3,(H,33,34,37)/t26-,29-/m0/s1. The van der Waals surface area contributed by atoms with Crippen molar-refractivity contribution in [3.05, 3.63) is 87.5 Å². The van der Waals surface area contributed by atoms with Crippen LogP contribution in [-0.2, 0) is 10.4 Å². The van der Waals surface area contributed by atoms with E-state index in [1.54, 1.807) is 37.4 Å². The Morgan fingerprint density at radius 2 is 1.92 bits per heavy atom. The lowest BCUT2D eigenvalue weighted by atomic mass is 9.94. The van der Waals surface area contributed by atoms with Crippen LogP contribution in [0.2, 0.25) is 10.0 Å². The largest absolute Gasteiger partial charge is 0.384 e. The van der Waals surface area contributed by atoms with Gasteiger partial charge in [-0.2, -0.15) is 5.26 Å². The fraction of sp³-hybridized carbons (Fsp3) is 0.345. The third-order valence-corrected chi connectivity index (χ3v) is 7.77. The third kappa shape index (κ3) is 5.95. The van der Waals surface area contributed by atoms with Crippen LogP contribution in [0.15, 0.2) is 60.8 Å². The highest BCUT2D eigenvalue weighted by atomic mass is 35.5. The summed E-state index contributed by atoms with van der Waals surface area (Å²) in [6.07, 6.45) is 3.45. The summed E-state index contributed by atoms with van der Waals surface area (Å²) < 4.78 is 0. The summed E-state index contributed by atoms with van der Waals surface area (Å²) >= 11 is 12.8. The zero-order valence-electron chi connectivity index (χ0n) is 21.1. The average molecular weight is 550 g/mol. The number of amides is 1. The number of nitrogens with one attached hydrogen (secondary N) is 1. The van der Waals surface area contributed by atoms with Gasteiger partial charge in [0.05, 0.1) is 34.0 Å². The molecule has 0 radical (unpaired) electrons. The lowest BCUT2D eigenvalue weighted by molar-refractivity contribution is -0.117. The topological polar surface area (TPSA) is 92.5 Å². The number of β-amino-alcohol motifs (C(OH)–C–C–N with tert-alkyl or cyclic N) is 1. The molecule has 1 saturated heterocycles. The van der Waals surface area contributed by atoms with E-state index in [4.69, 9.17) is 23.2 Å². The number of nitrogens with zero attached hydrogens (tertiary/aromatic N) is 4. The maximum atomic E-state index is 12.2. The Labute approximate surface area is 232 Å². The molecule has 1 saturated carbocycles. The Morgan fingerprint density at radius 1 is 1.16 bits per heavy atom. The van der Waals surface area contributed by atoms with Gasteiger partial charge in [0, 0.05) is 43.3 Å². The number of pyridine rings is 1. The minimum Gasteiger partial charge on any atom is -0.384 e. The van der Waals surface area contributed by atoms with E-state index in [0.29, 0.717) is 53.2 Å². The van der Waals surface area contributed by atoms with E-state index in [0.717, 1.165) is 24.1 Å². The molecular formula is C29H29Cl2N5O2. The van der Waals surface area contributed by atoms with Gasteiger partial charge in [0.2, 0.25) is 5.91 Å². The summed E-state index contributed by atoms with van der Waals surface area (Å²) in [5.41, 5.74) is 1.98. The molecule has 2 aromatic carbocycles. The smallest absolute Gasteiger partial charge is 0.228 e. The first-order chi connectivity index (χ1) is 18.2. The van der Waals surface area contributed by atoms with Crippen LogP contribution < -0.4 is 10.2 Å². The summed E-state index contributed by atoms with van der Waals surface area (Å²) in [6.45, 7) is 4.20. The molecule has 196 valence electrons. The first-order valence-corrected chi connectivity index (χ1v) is 13.4. The van der Waals surface area contributed by atoms with E-state index < -0.39 is 5.60 Å². The Balaban J connectivity index is 1.37. The highest BCUT2D eigenvalue weighted by Gasteiger charge is 2.35. The van der Waals surface area contributed by atoms with Crippen LogP contribution in [0.25, 0.3) is 0 Å². The predicted molar refractivity (Wildman–Crippen MR) is 149 cm³/mol. The molecule has 0 bridgehead atoms. The van der Waals surface area contributed by atoms with Gasteiger partial charge in [0.1, 0.15) is 5.82 Å². The van der Waals surface area contributed by atoms with E-state index in [9.17, 15) is 15.2 Å². The molecule has 2 N–H and O–H groups in total. The number of benzene rings is 2. The van der Waals surface area contributed by atoms with E-state index in [1.807, 2.05) is 30.3 Å². The average Bonchev–Trinajstić information content (AvgIpc) is 3.75. The van der Waals surface area contributed by atoms with Gasteiger partial charge in [-0.05, 0) is 73.4 Å². The Bertz CT molecular complexity index is 1370. The Kier molecular flexibility index (Phi) is 7.60. The summed E-state index contributed by atoms with van der Waals surface area (Å²) in [5.74, 6) is 0.517. The number of hydrogen-bond acceptors (Lipinski definition) is 6. The van der Waals surface area contributed by atoms with Crippen molar-refractivity contribution in [3.63, 3.8) is 0 Å². The van der Waals surface area contributed by atoms with Gasteiger partial charge in [-0.3, -0.25) is 9.69 Å². The van der Waals surface area contributed by atoms with Gasteiger partial charge in [-0.15, -0.1) is 0 Å². The second-order valence-electron chi connectivity index (χ2n) is 10.2. The minimum atomic E-state index is -1.17. The molecule has 1 aliphatic heterocycles. The monoisotopic (exact) mass is 549 g/mol. The molecule has 2 atom stereocenters. The number of anilines is 2. The number of hydrogen-bond donors (Lipinski definition) is 2. The number of aliphatic hydroxyl groups is 1. The van der Waals surface area contributed by atoms with Crippen LogP contribution in [0, 0.1) is 17.2 Å². The molecule has 3 aromatic rings. The molecule has 7 nitrogen and oxygen atoms in total. The first-order valence-electron chi connectivity index (χ1n) is 12.7. The van der Waals surface area contributed by atoms with Crippen molar-refractivity contribution in [1.82, 2.24) is 9.88 Å². The van der Waals surface area contributed by atoms with Gasteiger partial charge in [0.25, 0.3) is 0 Å². The zero-order valence-corrected chi connectivity index (χ0v) is 22.6. The second kappa shape index (κ2) is 10.9. The van der Waals surface area contributed by atoms with Gasteiger partial charge in [-0.25, -0.2) is 4.98 Å². The quantitative estimate of drug-likeness (QED) is 0.411. The lowest BCUT2D eigenvalue weighted by Gasteiger charge is -2.45. The summed E-state index contributed by atoms with van der Waals surface area (Å²) in [5, 5.41) is 24.8. The molecule has 9 heteroatoms. The van der Waals surface area contributed by atoms with Crippen molar-refractivity contribution >= 4 is 40.6 Å². The van der Waals surface area contributed by atoms with Crippen LogP contribution in [0.4, 0.5) is 11.5 Å². The number of rotatable bonds is 7. The summed E-state index contributed by atoms with van der Waals surface area (Å²) in [6, 6.07) is 18.8. The number of carbonyl (C=O) groups excluding carboxylic acids is 1. The van der Waals surface area contributed by atoms with Crippen molar-refractivity contribution < 1.29 is 9.90 Å². The van der Waals surface area contributed by atoms with E-state index in [2.05, 4.69) is 26.2 Å². The number of aromatic nitrogens is 1. The second-order valence-corrected chi connectivity index (χ2v) is 11.1. The first kappa shape index (κ1) is 26.5. The van der Waals surface area contributed by atoms with Crippen molar-refractivity contribution in [3.8, 4) is 6.07 Å². The molecule has 38 heavy (non-hydrogen) atoms. The maximum Gasteiger partial charge on any atom is 0.228 e. The maximum absolute atomic E-state index is 12.2. The number of nitriles is 1. The predicted octanol–water partition coefficient (Wildman–Crippen LogP) is 5.38. The van der Waals surface area contributed by atoms with E-state index in [-0.39, 0.29) is 17.9 Å². The Morgan fingerprint density at radius 3 is 2.61 bits per heavy atom. The van der Waals surface area contributed by atoms with Gasteiger partial charge < -0.3 is 15.3 Å². The van der Waals surface area contributed by atoms with Crippen molar-refractivity contribution in [2.75, 3.05) is 36.4 Å². The van der Waals surface area contributed by atoms with Crippen LogP contribution >= 0.6 is 23.2 Å². The van der Waals surface area contributed by atoms with Gasteiger partial charge in [-0.1, -0.05) is 35.3 Å². The molecule has 2 heterocycles.